The zero-order valence-corrected chi connectivity index (χ0v) is 17.7. The molecule has 156 valence electrons. The van der Waals surface area contributed by atoms with E-state index in [9.17, 15) is 14.4 Å². The number of piperidine rings is 1. The molecule has 6 nitrogen and oxygen atoms in total. The van der Waals surface area contributed by atoms with Gasteiger partial charge >= 0.3 is 0 Å². The van der Waals surface area contributed by atoms with Gasteiger partial charge in [-0.1, -0.05) is 6.42 Å². The van der Waals surface area contributed by atoms with Crippen molar-refractivity contribution in [3.8, 4) is 0 Å². The van der Waals surface area contributed by atoms with Crippen LogP contribution in [0.5, 0.6) is 0 Å². The van der Waals surface area contributed by atoms with Crippen LogP contribution in [0.1, 0.15) is 61.9 Å². The Kier molecular flexibility index (Phi) is 5.13. The fourth-order valence-electron chi connectivity index (χ4n) is 5.09. The maximum absolute atomic E-state index is 13.3. The highest BCUT2D eigenvalue weighted by molar-refractivity contribution is 6.09. The molecule has 2 heterocycles. The van der Waals surface area contributed by atoms with E-state index in [0.717, 1.165) is 30.5 Å². The summed E-state index contributed by atoms with van der Waals surface area (Å²) in [5.74, 6) is 0.551. The standard InChI is InChI=1S/C23H31N3O3/c1-4-25(5-2)21(28)17-9-10-19-18(15-17)23(22(29)24(19)3)11-13-26(14-12-23)20(27)16-7-6-8-16/h9-10,15-16H,4-8,11-14H2,1-3H3. The number of hydrogen-bond acceptors (Lipinski definition) is 3. The molecule has 1 saturated carbocycles. The van der Waals surface area contributed by atoms with E-state index in [0.29, 0.717) is 44.6 Å². The van der Waals surface area contributed by atoms with E-state index >= 15 is 0 Å². The number of fused-ring (bicyclic) bond motifs is 2. The summed E-state index contributed by atoms with van der Waals surface area (Å²) in [7, 11) is 1.81. The van der Waals surface area contributed by atoms with Crippen LogP contribution in [-0.4, -0.2) is 60.7 Å². The lowest BCUT2D eigenvalue weighted by molar-refractivity contribution is -0.141. The van der Waals surface area contributed by atoms with Crippen molar-refractivity contribution in [1.82, 2.24) is 9.80 Å². The number of amides is 3. The van der Waals surface area contributed by atoms with Crippen molar-refractivity contribution in [3.63, 3.8) is 0 Å². The van der Waals surface area contributed by atoms with Crippen molar-refractivity contribution < 1.29 is 14.4 Å². The third-order valence-corrected chi connectivity index (χ3v) is 7.27. The van der Waals surface area contributed by atoms with Crippen molar-refractivity contribution in [2.45, 2.75) is 51.4 Å². The summed E-state index contributed by atoms with van der Waals surface area (Å²) in [5, 5.41) is 0. The Morgan fingerprint density at radius 2 is 1.79 bits per heavy atom. The van der Waals surface area contributed by atoms with Crippen molar-refractivity contribution in [2.75, 3.05) is 38.1 Å². The third kappa shape index (κ3) is 3.04. The molecule has 1 spiro atoms. The fraction of sp³-hybridized carbons (Fsp3) is 0.609. The fourth-order valence-corrected chi connectivity index (χ4v) is 5.09. The van der Waals surface area contributed by atoms with Gasteiger partial charge in [0.2, 0.25) is 11.8 Å². The van der Waals surface area contributed by atoms with Crippen LogP contribution in [0.15, 0.2) is 18.2 Å². The molecule has 6 heteroatoms. The number of benzene rings is 1. The largest absolute Gasteiger partial charge is 0.342 e. The smallest absolute Gasteiger partial charge is 0.253 e. The monoisotopic (exact) mass is 397 g/mol. The summed E-state index contributed by atoms with van der Waals surface area (Å²) in [6.45, 7) is 6.50. The van der Waals surface area contributed by atoms with Gasteiger partial charge in [-0.3, -0.25) is 14.4 Å². The van der Waals surface area contributed by atoms with Crippen LogP contribution >= 0.6 is 0 Å². The van der Waals surface area contributed by atoms with Gasteiger partial charge < -0.3 is 14.7 Å². The first-order chi connectivity index (χ1) is 13.9. The first-order valence-corrected chi connectivity index (χ1v) is 10.9. The van der Waals surface area contributed by atoms with E-state index in [1.165, 1.54) is 0 Å². The summed E-state index contributed by atoms with van der Waals surface area (Å²) in [5.41, 5.74) is 1.88. The second kappa shape index (κ2) is 7.47. The Hall–Kier alpha value is -2.37. The van der Waals surface area contributed by atoms with Gasteiger partial charge in [0.15, 0.2) is 0 Å². The average molecular weight is 398 g/mol. The molecule has 3 amide bonds. The molecule has 0 unspecified atom stereocenters. The zero-order valence-electron chi connectivity index (χ0n) is 17.7. The van der Waals surface area contributed by atoms with Crippen LogP contribution in [0.25, 0.3) is 0 Å². The molecule has 1 aliphatic carbocycles. The van der Waals surface area contributed by atoms with Crippen LogP contribution in [0.2, 0.25) is 0 Å². The number of carbonyl (C=O) groups is 3. The number of likely N-dealkylation sites (tertiary alicyclic amines) is 1. The highest BCUT2D eigenvalue weighted by Gasteiger charge is 2.52. The van der Waals surface area contributed by atoms with Gasteiger partial charge in [-0.2, -0.15) is 0 Å². The lowest BCUT2D eigenvalue weighted by Crippen LogP contribution is -2.51. The summed E-state index contributed by atoms with van der Waals surface area (Å²) >= 11 is 0. The zero-order chi connectivity index (χ0) is 20.8. The van der Waals surface area contributed by atoms with Gasteiger partial charge in [-0.05, 0) is 63.3 Å². The molecule has 1 aromatic carbocycles. The molecule has 1 aromatic rings. The molecule has 29 heavy (non-hydrogen) atoms. The molecule has 0 radical (unpaired) electrons. The quantitative estimate of drug-likeness (QED) is 0.785. The Labute approximate surface area is 172 Å². The molecule has 0 N–H and O–H groups in total. The predicted molar refractivity (Wildman–Crippen MR) is 112 cm³/mol. The van der Waals surface area contributed by atoms with Crippen LogP contribution in [0, 0.1) is 5.92 Å². The van der Waals surface area contributed by atoms with Crippen molar-refractivity contribution in [2.24, 2.45) is 5.92 Å². The van der Waals surface area contributed by atoms with E-state index in [-0.39, 0.29) is 23.6 Å². The number of rotatable bonds is 4. The summed E-state index contributed by atoms with van der Waals surface area (Å²) in [6.07, 6.45) is 4.41. The van der Waals surface area contributed by atoms with Gasteiger partial charge in [-0.15, -0.1) is 0 Å². The lowest BCUT2D eigenvalue weighted by atomic mass is 9.72. The van der Waals surface area contributed by atoms with Gasteiger partial charge in [-0.25, -0.2) is 0 Å². The Morgan fingerprint density at radius 3 is 2.34 bits per heavy atom. The highest BCUT2D eigenvalue weighted by Crippen LogP contribution is 2.48. The van der Waals surface area contributed by atoms with Crippen molar-refractivity contribution in [1.29, 1.82) is 0 Å². The first-order valence-electron chi connectivity index (χ1n) is 10.9. The number of carbonyl (C=O) groups excluding carboxylic acids is 3. The van der Waals surface area contributed by atoms with Crippen molar-refractivity contribution in [3.05, 3.63) is 29.3 Å². The van der Waals surface area contributed by atoms with Crippen molar-refractivity contribution >= 4 is 23.4 Å². The molecular weight excluding hydrogens is 366 g/mol. The first kappa shape index (κ1) is 19.9. The van der Waals surface area contributed by atoms with Gasteiger partial charge in [0.25, 0.3) is 5.91 Å². The Balaban J connectivity index is 1.61. The van der Waals surface area contributed by atoms with E-state index < -0.39 is 5.41 Å². The number of likely N-dealkylation sites (N-methyl/N-ethyl adjacent to an activating group) is 1. The maximum Gasteiger partial charge on any atom is 0.253 e. The molecule has 1 saturated heterocycles. The van der Waals surface area contributed by atoms with Gasteiger partial charge in [0.05, 0.1) is 5.41 Å². The minimum atomic E-state index is -0.611. The van der Waals surface area contributed by atoms with E-state index in [1.807, 2.05) is 44.0 Å². The van der Waals surface area contributed by atoms with Gasteiger partial charge in [0.1, 0.15) is 0 Å². The minimum absolute atomic E-state index is 0.00699. The third-order valence-electron chi connectivity index (χ3n) is 7.27. The second-order valence-electron chi connectivity index (χ2n) is 8.61. The minimum Gasteiger partial charge on any atom is -0.342 e. The van der Waals surface area contributed by atoms with Crippen LogP contribution < -0.4 is 4.90 Å². The maximum atomic E-state index is 13.3. The highest BCUT2D eigenvalue weighted by atomic mass is 16.2. The predicted octanol–water partition coefficient (Wildman–Crippen LogP) is 2.81. The summed E-state index contributed by atoms with van der Waals surface area (Å²) in [6, 6.07) is 5.67. The topological polar surface area (TPSA) is 60.9 Å². The molecule has 3 aliphatic rings. The van der Waals surface area contributed by atoms with E-state index in [2.05, 4.69) is 0 Å². The molecule has 2 fully saturated rings. The normalized spacial score (nSPS) is 20.6. The van der Waals surface area contributed by atoms with Crippen LogP contribution in [0.4, 0.5) is 5.69 Å². The van der Waals surface area contributed by atoms with Gasteiger partial charge in [0, 0.05) is 50.4 Å². The molecule has 2 aliphatic heterocycles. The average Bonchev–Trinajstić information content (AvgIpc) is 2.90. The SMILES string of the molecule is CCN(CC)C(=O)c1ccc2c(c1)C1(CCN(C(=O)C3CCC3)CC1)C(=O)N2C. The number of nitrogens with zero attached hydrogens (tertiary/aromatic N) is 3. The summed E-state index contributed by atoms with van der Waals surface area (Å²) < 4.78 is 0. The Bertz CT molecular complexity index is 834. The van der Waals surface area contributed by atoms with E-state index in [1.54, 1.807) is 9.80 Å². The molecule has 4 rings (SSSR count). The number of hydrogen-bond donors (Lipinski definition) is 0. The molecule has 0 bridgehead atoms. The molecular formula is C23H31N3O3. The van der Waals surface area contributed by atoms with E-state index in [4.69, 9.17) is 0 Å². The van der Waals surface area contributed by atoms with Crippen LogP contribution in [0.3, 0.4) is 0 Å². The summed E-state index contributed by atoms with van der Waals surface area (Å²) in [4.78, 5) is 44.3. The molecule has 0 atom stereocenters. The van der Waals surface area contributed by atoms with Crippen LogP contribution in [-0.2, 0) is 15.0 Å². The number of anilines is 1. The lowest BCUT2D eigenvalue weighted by Gasteiger charge is -2.40. The molecule has 0 aromatic heterocycles. The Morgan fingerprint density at radius 1 is 1.14 bits per heavy atom. The second-order valence-corrected chi connectivity index (χ2v) is 8.61.